The Kier molecular flexibility index (Phi) is 4.53. The van der Waals surface area contributed by atoms with Crippen LogP contribution in [-0.2, 0) is 0 Å². The molecule has 1 aliphatic carbocycles. The summed E-state index contributed by atoms with van der Waals surface area (Å²) in [6.07, 6.45) is 6.46. The van der Waals surface area contributed by atoms with Gasteiger partial charge in [-0.3, -0.25) is 0 Å². The van der Waals surface area contributed by atoms with Crippen LogP contribution in [-0.4, -0.2) is 11.5 Å². The third-order valence-corrected chi connectivity index (χ3v) is 3.77. The van der Waals surface area contributed by atoms with E-state index in [2.05, 4.69) is 5.32 Å². The summed E-state index contributed by atoms with van der Waals surface area (Å²) in [6, 6.07) is 4.90. The SMILES string of the molecule is NC(=S)c1c(F)cccc1NCC1CCCCC1. The first-order valence-electron chi connectivity index (χ1n) is 6.50. The van der Waals surface area contributed by atoms with E-state index < -0.39 is 0 Å². The molecule has 0 spiro atoms. The summed E-state index contributed by atoms with van der Waals surface area (Å²) in [6.45, 7) is 0.874. The minimum absolute atomic E-state index is 0.110. The number of thiocarbonyl (C=S) groups is 1. The molecule has 1 saturated carbocycles. The first kappa shape index (κ1) is 13.3. The summed E-state index contributed by atoms with van der Waals surface area (Å²) in [5.74, 6) is 0.331. The number of hydrogen-bond donors (Lipinski definition) is 2. The van der Waals surface area contributed by atoms with Gasteiger partial charge in [0.2, 0.25) is 0 Å². The third kappa shape index (κ3) is 3.19. The Morgan fingerprint density at radius 1 is 1.33 bits per heavy atom. The molecular weight excluding hydrogens is 247 g/mol. The Hall–Kier alpha value is -1.16. The van der Waals surface area contributed by atoms with Crippen molar-refractivity contribution < 1.29 is 4.39 Å². The van der Waals surface area contributed by atoms with Gasteiger partial charge in [-0.2, -0.15) is 0 Å². The van der Waals surface area contributed by atoms with E-state index in [4.69, 9.17) is 18.0 Å². The fourth-order valence-corrected chi connectivity index (χ4v) is 2.77. The van der Waals surface area contributed by atoms with Gasteiger partial charge in [-0.25, -0.2) is 4.39 Å². The van der Waals surface area contributed by atoms with Gasteiger partial charge in [0.1, 0.15) is 10.8 Å². The maximum absolute atomic E-state index is 13.7. The molecule has 1 aromatic carbocycles. The van der Waals surface area contributed by atoms with E-state index >= 15 is 0 Å². The molecule has 0 aliphatic heterocycles. The van der Waals surface area contributed by atoms with E-state index in [-0.39, 0.29) is 10.8 Å². The van der Waals surface area contributed by atoms with Crippen LogP contribution in [0.2, 0.25) is 0 Å². The second-order valence-electron chi connectivity index (χ2n) is 4.91. The number of halogens is 1. The van der Waals surface area contributed by atoms with Gasteiger partial charge in [0.25, 0.3) is 0 Å². The van der Waals surface area contributed by atoms with Gasteiger partial charge in [0, 0.05) is 12.2 Å². The van der Waals surface area contributed by atoms with E-state index in [1.54, 1.807) is 6.07 Å². The molecule has 0 aromatic heterocycles. The monoisotopic (exact) mass is 266 g/mol. The van der Waals surface area contributed by atoms with Crippen molar-refractivity contribution in [1.82, 2.24) is 0 Å². The second kappa shape index (κ2) is 6.14. The minimum atomic E-state index is -0.351. The predicted molar refractivity (Wildman–Crippen MR) is 77.4 cm³/mol. The molecule has 1 aliphatic rings. The molecule has 0 saturated heterocycles. The average molecular weight is 266 g/mol. The highest BCUT2D eigenvalue weighted by Gasteiger charge is 2.15. The summed E-state index contributed by atoms with van der Waals surface area (Å²) >= 11 is 4.91. The molecule has 0 heterocycles. The lowest BCUT2D eigenvalue weighted by molar-refractivity contribution is 0.373. The molecule has 98 valence electrons. The minimum Gasteiger partial charge on any atom is -0.389 e. The standard InChI is InChI=1S/C14H19FN2S/c15-11-7-4-8-12(13(11)14(16)18)17-9-10-5-2-1-3-6-10/h4,7-8,10,17H,1-3,5-6,9H2,(H2,16,18). The highest BCUT2D eigenvalue weighted by Crippen LogP contribution is 2.25. The summed E-state index contributed by atoms with van der Waals surface area (Å²) in [5.41, 5.74) is 6.63. The highest BCUT2D eigenvalue weighted by atomic mass is 32.1. The van der Waals surface area contributed by atoms with Crippen LogP contribution in [0.3, 0.4) is 0 Å². The molecular formula is C14H19FN2S. The number of rotatable bonds is 4. The van der Waals surface area contributed by atoms with Crippen LogP contribution in [0.25, 0.3) is 0 Å². The van der Waals surface area contributed by atoms with Crippen molar-refractivity contribution in [1.29, 1.82) is 0 Å². The number of nitrogens with two attached hydrogens (primary N) is 1. The van der Waals surface area contributed by atoms with E-state index in [0.717, 1.165) is 6.54 Å². The molecule has 2 rings (SSSR count). The Labute approximate surface area is 113 Å². The van der Waals surface area contributed by atoms with Gasteiger partial charge in [-0.05, 0) is 30.9 Å². The van der Waals surface area contributed by atoms with E-state index in [1.165, 1.54) is 38.2 Å². The average Bonchev–Trinajstić information content (AvgIpc) is 2.37. The molecule has 1 fully saturated rings. The molecule has 0 radical (unpaired) electrons. The number of anilines is 1. The first-order valence-corrected chi connectivity index (χ1v) is 6.91. The lowest BCUT2D eigenvalue weighted by Gasteiger charge is -2.23. The number of hydrogen-bond acceptors (Lipinski definition) is 2. The van der Waals surface area contributed by atoms with Crippen molar-refractivity contribution >= 4 is 22.9 Å². The molecule has 2 nitrogen and oxygen atoms in total. The summed E-state index contributed by atoms with van der Waals surface area (Å²) < 4.78 is 13.7. The molecule has 0 unspecified atom stereocenters. The zero-order valence-corrected chi connectivity index (χ0v) is 11.2. The molecule has 1 aromatic rings. The first-order chi connectivity index (χ1) is 8.68. The van der Waals surface area contributed by atoms with Crippen molar-refractivity contribution in [3.05, 3.63) is 29.6 Å². The van der Waals surface area contributed by atoms with Crippen LogP contribution in [0, 0.1) is 11.7 Å². The Morgan fingerprint density at radius 2 is 2.06 bits per heavy atom. The Morgan fingerprint density at radius 3 is 2.72 bits per heavy atom. The van der Waals surface area contributed by atoms with Gasteiger partial charge < -0.3 is 11.1 Å². The van der Waals surface area contributed by atoms with Gasteiger partial charge in [0.05, 0.1) is 5.56 Å². The van der Waals surface area contributed by atoms with E-state index in [1.807, 2.05) is 6.07 Å². The zero-order valence-electron chi connectivity index (χ0n) is 10.4. The number of benzene rings is 1. The van der Waals surface area contributed by atoms with Crippen molar-refractivity contribution in [2.45, 2.75) is 32.1 Å². The number of nitrogens with one attached hydrogen (secondary N) is 1. The van der Waals surface area contributed by atoms with Crippen LogP contribution >= 0.6 is 12.2 Å². The van der Waals surface area contributed by atoms with Crippen molar-refractivity contribution in [3.8, 4) is 0 Å². The quantitative estimate of drug-likeness (QED) is 0.820. The van der Waals surface area contributed by atoms with Crippen molar-refractivity contribution in [2.24, 2.45) is 11.7 Å². The fraction of sp³-hybridized carbons (Fsp3) is 0.500. The molecule has 0 amide bonds. The molecule has 0 bridgehead atoms. The predicted octanol–water partition coefficient (Wildman–Crippen LogP) is 3.45. The Balaban J connectivity index is 2.04. The maximum atomic E-state index is 13.7. The zero-order chi connectivity index (χ0) is 13.0. The molecule has 4 heteroatoms. The van der Waals surface area contributed by atoms with Crippen LogP contribution in [0.15, 0.2) is 18.2 Å². The Bertz CT molecular complexity index is 428. The van der Waals surface area contributed by atoms with Gasteiger partial charge >= 0.3 is 0 Å². The summed E-state index contributed by atoms with van der Waals surface area (Å²) in [7, 11) is 0. The van der Waals surface area contributed by atoms with Gasteiger partial charge in [-0.1, -0.05) is 37.5 Å². The summed E-state index contributed by atoms with van der Waals surface area (Å²) in [4.78, 5) is 0.110. The lowest BCUT2D eigenvalue weighted by Crippen LogP contribution is -2.20. The van der Waals surface area contributed by atoms with E-state index in [9.17, 15) is 4.39 Å². The summed E-state index contributed by atoms with van der Waals surface area (Å²) in [5, 5.41) is 3.30. The topological polar surface area (TPSA) is 38.0 Å². The highest BCUT2D eigenvalue weighted by molar-refractivity contribution is 7.80. The van der Waals surface area contributed by atoms with Crippen molar-refractivity contribution in [2.75, 3.05) is 11.9 Å². The third-order valence-electron chi connectivity index (χ3n) is 3.57. The lowest BCUT2D eigenvalue weighted by atomic mass is 9.89. The van der Waals surface area contributed by atoms with Gasteiger partial charge in [-0.15, -0.1) is 0 Å². The second-order valence-corrected chi connectivity index (χ2v) is 5.35. The smallest absolute Gasteiger partial charge is 0.135 e. The van der Waals surface area contributed by atoms with Crippen LogP contribution in [0.1, 0.15) is 37.7 Å². The van der Waals surface area contributed by atoms with Gasteiger partial charge in [0.15, 0.2) is 0 Å². The van der Waals surface area contributed by atoms with Crippen molar-refractivity contribution in [3.63, 3.8) is 0 Å². The largest absolute Gasteiger partial charge is 0.389 e. The maximum Gasteiger partial charge on any atom is 0.135 e. The molecule has 3 N–H and O–H groups in total. The molecule has 18 heavy (non-hydrogen) atoms. The van der Waals surface area contributed by atoms with Crippen LogP contribution in [0.5, 0.6) is 0 Å². The van der Waals surface area contributed by atoms with E-state index in [0.29, 0.717) is 17.2 Å². The van der Waals surface area contributed by atoms with Crippen LogP contribution < -0.4 is 11.1 Å². The van der Waals surface area contributed by atoms with Crippen LogP contribution in [0.4, 0.5) is 10.1 Å². The fourth-order valence-electron chi connectivity index (χ4n) is 2.57. The normalized spacial score (nSPS) is 16.5. The molecule has 0 atom stereocenters.